The molecule has 0 heterocycles. The third-order valence-electron chi connectivity index (χ3n) is 1.56. The lowest BCUT2D eigenvalue weighted by molar-refractivity contribution is -0.142. The molecule has 0 rings (SSSR count). The Morgan fingerprint density at radius 2 is 1.79 bits per heavy atom. The number of aliphatic carboxylic acids is 2. The maximum Gasteiger partial charge on any atom is 0.307 e. The van der Waals surface area contributed by atoms with Crippen LogP contribution >= 0.6 is 0 Å². The predicted molar refractivity (Wildman–Crippen MR) is 47.7 cm³/mol. The van der Waals surface area contributed by atoms with Gasteiger partial charge in [0.05, 0.1) is 11.7 Å². The number of rotatable bonds is 6. The average molecular weight is 224 g/mol. The highest BCUT2D eigenvalue weighted by Crippen LogP contribution is 2.09. The standard InChI is InChI=1S/C7H12O6S/c1-14(12,13)4-5(7(10)11)2-3-6(8)9/h5H,2-4H2,1H3,(H,8,9)(H,10,11). The van der Waals surface area contributed by atoms with Crippen LogP contribution in [0.1, 0.15) is 12.8 Å². The summed E-state index contributed by atoms with van der Waals surface area (Å²) in [5, 5.41) is 16.9. The normalized spacial score (nSPS) is 13.5. The van der Waals surface area contributed by atoms with Gasteiger partial charge in [-0.2, -0.15) is 0 Å². The van der Waals surface area contributed by atoms with Gasteiger partial charge in [0.2, 0.25) is 0 Å². The fourth-order valence-corrected chi connectivity index (χ4v) is 1.98. The van der Waals surface area contributed by atoms with E-state index in [-0.39, 0.29) is 12.8 Å². The molecule has 0 saturated heterocycles. The van der Waals surface area contributed by atoms with Gasteiger partial charge in [0.15, 0.2) is 0 Å². The molecule has 7 heteroatoms. The Kier molecular flexibility index (Phi) is 4.55. The summed E-state index contributed by atoms with van der Waals surface area (Å²) in [5.41, 5.74) is 0. The van der Waals surface area contributed by atoms with Crippen LogP contribution in [0.15, 0.2) is 0 Å². The van der Waals surface area contributed by atoms with E-state index in [0.29, 0.717) is 0 Å². The molecule has 1 unspecified atom stereocenters. The van der Waals surface area contributed by atoms with Crippen molar-refractivity contribution in [2.45, 2.75) is 12.8 Å². The molecule has 0 saturated carbocycles. The van der Waals surface area contributed by atoms with Crippen molar-refractivity contribution in [1.82, 2.24) is 0 Å². The highest BCUT2D eigenvalue weighted by atomic mass is 32.2. The van der Waals surface area contributed by atoms with Crippen molar-refractivity contribution >= 4 is 21.8 Å². The van der Waals surface area contributed by atoms with Crippen LogP contribution in [0.4, 0.5) is 0 Å². The molecule has 0 aliphatic rings. The summed E-state index contributed by atoms with van der Waals surface area (Å²) in [6, 6.07) is 0. The largest absolute Gasteiger partial charge is 0.481 e. The number of carboxylic acids is 2. The lowest BCUT2D eigenvalue weighted by atomic mass is 10.1. The van der Waals surface area contributed by atoms with Crippen LogP contribution in [0.25, 0.3) is 0 Å². The molecule has 2 N–H and O–H groups in total. The van der Waals surface area contributed by atoms with E-state index in [0.717, 1.165) is 6.26 Å². The Labute approximate surface area is 81.5 Å². The van der Waals surface area contributed by atoms with Crippen LogP contribution in [0.3, 0.4) is 0 Å². The summed E-state index contributed by atoms with van der Waals surface area (Å²) in [5.74, 6) is -4.07. The second-order valence-corrected chi connectivity index (χ2v) is 5.24. The summed E-state index contributed by atoms with van der Waals surface area (Å²) in [4.78, 5) is 20.7. The van der Waals surface area contributed by atoms with Gasteiger partial charge in [-0.3, -0.25) is 9.59 Å². The van der Waals surface area contributed by atoms with Gasteiger partial charge in [-0.15, -0.1) is 0 Å². The Hall–Kier alpha value is -1.11. The number of hydrogen-bond donors (Lipinski definition) is 2. The fourth-order valence-electron chi connectivity index (χ4n) is 0.941. The topological polar surface area (TPSA) is 109 Å². The SMILES string of the molecule is CS(=O)(=O)CC(CCC(=O)O)C(=O)O. The number of carbonyl (C=O) groups is 2. The highest BCUT2D eigenvalue weighted by Gasteiger charge is 2.23. The minimum absolute atomic E-state index is 0.169. The summed E-state index contributed by atoms with van der Waals surface area (Å²) in [6.45, 7) is 0. The smallest absolute Gasteiger partial charge is 0.307 e. The molecule has 82 valence electrons. The van der Waals surface area contributed by atoms with E-state index in [1.54, 1.807) is 0 Å². The second-order valence-electron chi connectivity index (χ2n) is 3.06. The third kappa shape index (κ3) is 6.41. The van der Waals surface area contributed by atoms with Crippen molar-refractivity contribution in [2.24, 2.45) is 5.92 Å². The molecular weight excluding hydrogens is 212 g/mol. The first kappa shape index (κ1) is 12.9. The molecule has 0 fully saturated rings. The van der Waals surface area contributed by atoms with E-state index >= 15 is 0 Å². The van der Waals surface area contributed by atoms with E-state index in [4.69, 9.17) is 10.2 Å². The molecule has 0 aromatic heterocycles. The summed E-state index contributed by atoms with van der Waals surface area (Å²) >= 11 is 0. The van der Waals surface area contributed by atoms with E-state index < -0.39 is 33.4 Å². The number of hydrogen-bond acceptors (Lipinski definition) is 4. The molecule has 0 aliphatic heterocycles. The molecule has 0 radical (unpaired) electrons. The van der Waals surface area contributed by atoms with Crippen molar-refractivity contribution in [1.29, 1.82) is 0 Å². The van der Waals surface area contributed by atoms with Crippen LogP contribution < -0.4 is 0 Å². The molecule has 14 heavy (non-hydrogen) atoms. The maximum absolute atomic E-state index is 10.8. The first-order valence-corrected chi connectivity index (χ1v) is 5.90. The molecule has 6 nitrogen and oxygen atoms in total. The Balaban J connectivity index is 4.32. The third-order valence-corrected chi connectivity index (χ3v) is 2.57. The lowest BCUT2D eigenvalue weighted by Crippen LogP contribution is -2.23. The molecule has 0 spiro atoms. The minimum atomic E-state index is -3.39. The molecule has 0 bridgehead atoms. The molecule has 1 atom stereocenters. The van der Waals surface area contributed by atoms with Gasteiger partial charge in [0, 0.05) is 12.7 Å². The maximum atomic E-state index is 10.8. The molecule has 0 aromatic rings. The monoisotopic (exact) mass is 224 g/mol. The predicted octanol–water partition coefficient (Wildman–Crippen LogP) is -0.403. The summed E-state index contributed by atoms with van der Waals surface area (Å²) in [7, 11) is -3.39. The van der Waals surface area contributed by atoms with Crippen LogP contribution in [-0.2, 0) is 19.4 Å². The highest BCUT2D eigenvalue weighted by molar-refractivity contribution is 7.90. The Bertz CT molecular complexity index is 317. The van der Waals surface area contributed by atoms with E-state index in [1.165, 1.54) is 0 Å². The van der Waals surface area contributed by atoms with Gasteiger partial charge >= 0.3 is 11.9 Å². The van der Waals surface area contributed by atoms with Gasteiger partial charge in [-0.05, 0) is 6.42 Å². The number of sulfone groups is 1. The van der Waals surface area contributed by atoms with E-state index in [1.807, 2.05) is 0 Å². The minimum Gasteiger partial charge on any atom is -0.481 e. The molecular formula is C7H12O6S. The zero-order valence-electron chi connectivity index (χ0n) is 7.63. The summed E-state index contributed by atoms with van der Waals surface area (Å²) in [6.07, 6.45) is 0.411. The van der Waals surface area contributed by atoms with Crippen molar-refractivity contribution in [2.75, 3.05) is 12.0 Å². The zero-order valence-corrected chi connectivity index (χ0v) is 8.45. The first-order chi connectivity index (χ1) is 6.22. The zero-order chi connectivity index (χ0) is 11.4. The van der Waals surface area contributed by atoms with Gasteiger partial charge in [-0.1, -0.05) is 0 Å². The van der Waals surface area contributed by atoms with Crippen molar-refractivity contribution in [3.8, 4) is 0 Å². The van der Waals surface area contributed by atoms with Crippen molar-refractivity contribution in [3.05, 3.63) is 0 Å². The van der Waals surface area contributed by atoms with Crippen LogP contribution in [0.2, 0.25) is 0 Å². The number of carboxylic acid groups (broad SMARTS) is 2. The van der Waals surface area contributed by atoms with Gasteiger partial charge in [-0.25, -0.2) is 8.42 Å². The van der Waals surface area contributed by atoms with Crippen molar-refractivity contribution in [3.63, 3.8) is 0 Å². The van der Waals surface area contributed by atoms with E-state index in [9.17, 15) is 18.0 Å². The first-order valence-electron chi connectivity index (χ1n) is 3.84. The van der Waals surface area contributed by atoms with Crippen LogP contribution in [-0.4, -0.2) is 42.6 Å². The lowest BCUT2D eigenvalue weighted by Gasteiger charge is -2.08. The average Bonchev–Trinajstić information content (AvgIpc) is 1.94. The Morgan fingerprint density at radius 1 is 1.29 bits per heavy atom. The van der Waals surface area contributed by atoms with Crippen LogP contribution in [0, 0.1) is 5.92 Å². The second kappa shape index (κ2) is 4.94. The molecule has 0 amide bonds. The molecule has 0 aliphatic carbocycles. The van der Waals surface area contributed by atoms with Gasteiger partial charge in [0.1, 0.15) is 9.84 Å². The van der Waals surface area contributed by atoms with Gasteiger partial charge in [0.25, 0.3) is 0 Å². The van der Waals surface area contributed by atoms with Gasteiger partial charge < -0.3 is 10.2 Å². The summed E-state index contributed by atoms with van der Waals surface area (Å²) < 4.78 is 21.6. The molecule has 0 aromatic carbocycles. The fraction of sp³-hybridized carbons (Fsp3) is 0.714. The van der Waals surface area contributed by atoms with Crippen LogP contribution in [0.5, 0.6) is 0 Å². The van der Waals surface area contributed by atoms with Crippen molar-refractivity contribution < 1.29 is 28.2 Å². The quantitative estimate of drug-likeness (QED) is 0.635. The van der Waals surface area contributed by atoms with E-state index in [2.05, 4.69) is 0 Å². The Morgan fingerprint density at radius 3 is 2.07 bits per heavy atom.